The van der Waals surface area contributed by atoms with E-state index < -0.39 is 0 Å². The third-order valence-corrected chi connectivity index (χ3v) is 18.4. The topological polar surface area (TPSA) is 21.3 Å². The van der Waals surface area contributed by atoms with Crippen molar-refractivity contribution in [2.45, 2.75) is 77.6 Å². The van der Waals surface area contributed by atoms with Gasteiger partial charge in [-0.1, -0.05) is 109 Å². The van der Waals surface area contributed by atoms with Gasteiger partial charge in [0.05, 0.1) is 11.0 Å². The third-order valence-electron chi connectivity index (χ3n) is 16.2. The highest BCUT2D eigenvalue weighted by Gasteiger charge is 2.45. The summed E-state index contributed by atoms with van der Waals surface area (Å²) < 4.78 is 14.6. The standard InChI is InChI=1S/C60H47BN2OS2/c1-58(2,3)32-16-18-33(19-17-32)63-48-26-43-41-25-44-45(60(6,7)23-22-59(44,4)5)29-54(41)66-53(43)28-39(48)36-20-21-37-38-24-40-34-12-8-10-14-50(34)64-51(40)31-47(38)62-49-27-42-35-13-9-11-15-52(35)65-55(42)30-46(49)61(63)56(36)57(37)62/h8-21,24-31H,22-23H2,1-7H3. The number of anilines is 2. The monoisotopic (exact) mass is 886 g/mol. The first-order chi connectivity index (χ1) is 31.8. The second kappa shape index (κ2) is 12.4. The van der Waals surface area contributed by atoms with Gasteiger partial charge >= 0.3 is 6.85 Å². The highest BCUT2D eigenvalue weighted by Crippen LogP contribution is 2.53. The summed E-state index contributed by atoms with van der Waals surface area (Å²) in [5.74, 6) is 0. The van der Waals surface area contributed by atoms with Crippen LogP contribution in [0.1, 0.15) is 78.0 Å². The van der Waals surface area contributed by atoms with E-state index in [-0.39, 0.29) is 23.1 Å². The summed E-state index contributed by atoms with van der Waals surface area (Å²) in [6.45, 7) is 16.7. The number of thiophene rings is 2. The minimum Gasteiger partial charge on any atom is -0.456 e. The second-order valence-electron chi connectivity index (χ2n) is 21.9. The van der Waals surface area contributed by atoms with Crippen LogP contribution in [0.2, 0.25) is 0 Å². The van der Waals surface area contributed by atoms with Gasteiger partial charge in [0.25, 0.3) is 0 Å². The molecule has 0 spiro atoms. The summed E-state index contributed by atoms with van der Waals surface area (Å²) in [5.41, 5.74) is 18.1. The van der Waals surface area contributed by atoms with E-state index in [9.17, 15) is 0 Å². The number of aromatic nitrogens is 1. The molecule has 0 amide bonds. The fourth-order valence-corrected chi connectivity index (χ4v) is 14.8. The molecule has 15 rings (SSSR count). The number of nitrogens with zero attached hydrogens (tertiary/aromatic N) is 2. The van der Waals surface area contributed by atoms with Gasteiger partial charge in [0.2, 0.25) is 0 Å². The molecule has 66 heavy (non-hydrogen) atoms. The first-order valence-electron chi connectivity index (χ1n) is 23.6. The van der Waals surface area contributed by atoms with Crippen LogP contribution in [-0.4, -0.2) is 11.4 Å². The molecule has 0 atom stereocenters. The molecular formula is C60H47BN2OS2. The predicted molar refractivity (Wildman–Crippen MR) is 287 cm³/mol. The molecule has 0 saturated carbocycles. The summed E-state index contributed by atoms with van der Waals surface area (Å²) >= 11 is 3.89. The van der Waals surface area contributed by atoms with Crippen LogP contribution >= 0.6 is 22.7 Å². The fraction of sp³-hybridized carbons (Fsp3) is 0.200. The number of hydrogen-bond donors (Lipinski definition) is 0. The number of fused-ring (bicyclic) bond motifs is 18. The molecule has 0 saturated heterocycles. The van der Waals surface area contributed by atoms with Crippen molar-refractivity contribution < 1.29 is 4.42 Å². The molecule has 6 heteroatoms. The zero-order valence-electron chi connectivity index (χ0n) is 38.3. The molecule has 3 nitrogen and oxygen atoms in total. The molecule has 0 fully saturated rings. The van der Waals surface area contributed by atoms with Crippen LogP contribution in [0.15, 0.2) is 138 Å². The maximum absolute atomic E-state index is 6.64. The first kappa shape index (κ1) is 37.8. The number of rotatable bonds is 1. The molecule has 0 N–H and O–H groups in total. The molecule has 2 aliphatic heterocycles. The SMILES string of the molecule is CC(C)(C)c1ccc(N2B3c4cc5sc6ccccc6c5cc4-n4c5cc6oc7ccccc7c6cc5c5ccc(c3c54)-c3cc4sc5cc6c(cc5c4cc32)C(C)(C)CCC6(C)C)cc1. The van der Waals surface area contributed by atoms with E-state index in [1.807, 2.05) is 22.7 Å². The fourth-order valence-electron chi connectivity index (χ4n) is 12.6. The number of furan rings is 1. The van der Waals surface area contributed by atoms with Gasteiger partial charge in [0.1, 0.15) is 11.2 Å². The van der Waals surface area contributed by atoms with Gasteiger partial charge in [0, 0.05) is 90.6 Å². The lowest BCUT2D eigenvalue weighted by molar-refractivity contribution is 0.332. The van der Waals surface area contributed by atoms with E-state index in [4.69, 9.17) is 4.42 Å². The normalized spacial score (nSPS) is 16.2. The van der Waals surface area contributed by atoms with Crippen LogP contribution in [-0.2, 0) is 16.2 Å². The van der Waals surface area contributed by atoms with E-state index >= 15 is 0 Å². The third kappa shape index (κ3) is 4.84. The summed E-state index contributed by atoms with van der Waals surface area (Å²) in [6, 6.07) is 51.9. The van der Waals surface area contributed by atoms with Crippen LogP contribution in [0.3, 0.4) is 0 Å². The van der Waals surface area contributed by atoms with E-state index in [1.165, 1.54) is 131 Å². The van der Waals surface area contributed by atoms with Crippen molar-refractivity contribution in [2.75, 3.05) is 4.81 Å². The van der Waals surface area contributed by atoms with Gasteiger partial charge in [-0.3, -0.25) is 0 Å². The Bertz CT molecular complexity index is 4170. The predicted octanol–water partition coefficient (Wildman–Crippen LogP) is 16.3. The van der Waals surface area contributed by atoms with Gasteiger partial charge in [-0.15, -0.1) is 22.7 Å². The average Bonchev–Trinajstić information content (AvgIpc) is 4.05. The van der Waals surface area contributed by atoms with E-state index in [0.29, 0.717) is 0 Å². The van der Waals surface area contributed by atoms with Crippen LogP contribution in [0, 0.1) is 0 Å². The highest BCUT2D eigenvalue weighted by atomic mass is 32.1. The van der Waals surface area contributed by atoms with Crippen molar-refractivity contribution in [1.29, 1.82) is 0 Å². The van der Waals surface area contributed by atoms with E-state index in [2.05, 4.69) is 191 Å². The van der Waals surface area contributed by atoms with Gasteiger partial charge in [-0.2, -0.15) is 0 Å². The zero-order chi connectivity index (χ0) is 44.3. The van der Waals surface area contributed by atoms with Crippen molar-refractivity contribution >= 4 is 136 Å². The average molecular weight is 887 g/mol. The Kier molecular flexibility index (Phi) is 7.08. The lowest BCUT2D eigenvalue weighted by atomic mass is 9.44. The van der Waals surface area contributed by atoms with Crippen molar-refractivity contribution in [2.24, 2.45) is 0 Å². The molecule has 3 aliphatic rings. The summed E-state index contributed by atoms with van der Waals surface area (Å²) in [6.07, 6.45) is 2.41. The quantitative estimate of drug-likeness (QED) is 0.153. The van der Waals surface area contributed by atoms with Gasteiger partial charge in [-0.25, -0.2) is 0 Å². The highest BCUT2D eigenvalue weighted by molar-refractivity contribution is 7.26. The van der Waals surface area contributed by atoms with Crippen molar-refractivity contribution in [1.82, 2.24) is 4.57 Å². The summed E-state index contributed by atoms with van der Waals surface area (Å²) in [4.78, 5) is 2.72. The van der Waals surface area contributed by atoms with Gasteiger partial charge in [-0.05, 0) is 129 Å². The lowest BCUT2D eigenvalue weighted by Crippen LogP contribution is -2.60. The smallest absolute Gasteiger partial charge is 0.333 e. The summed E-state index contributed by atoms with van der Waals surface area (Å²) in [7, 11) is 0. The Morgan fingerprint density at radius 1 is 0.530 bits per heavy atom. The Hall–Kier alpha value is -6.34. The maximum atomic E-state index is 6.64. The molecule has 12 aromatic rings. The van der Waals surface area contributed by atoms with Crippen LogP contribution in [0.25, 0.3) is 101 Å². The van der Waals surface area contributed by atoms with Crippen LogP contribution in [0.4, 0.5) is 11.4 Å². The summed E-state index contributed by atoms with van der Waals surface area (Å²) in [5, 5.41) is 10.2. The largest absolute Gasteiger partial charge is 0.456 e. The number of benzene rings is 8. The first-order valence-corrected chi connectivity index (χ1v) is 25.3. The second-order valence-corrected chi connectivity index (χ2v) is 24.1. The Morgan fingerprint density at radius 2 is 1.20 bits per heavy atom. The minimum atomic E-state index is -0.0724. The van der Waals surface area contributed by atoms with Crippen LogP contribution in [0.5, 0.6) is 0 Å². The Balaban J connectivity index is 1.09. The lowest BCUT2D eigenvalue weighted by Gasteiger charge is -2.42. The molecule has 6 heterocycles. The zero-order valence-corrected chi connectivity index (χ0v) is 39.9. The van der Waals surface area contributed by atoms with E-state index in [1.54, 1.807) is 0 Å². The Morgan fingerprint density at radius 3 is 2.00 bits per heavy atom. The van der Waals surface area contributed by atoms with Crippen LogP contribution < -0.4 is 15.7 Å². The molecule has 0 unspecified atom stereocenters. The number of hydrogen-bond acceptors (Lipinski definition) is 4. The molecule has 1 aliphatic carbocycles. The molecule has 318 valence electrons. The molecule has 0 bridgehead atoms. The Labute approximate surface area is 392 Å². The maximum Gasteiger partial charge on any atom is 0.333 e. The minimum absolute atomic E-state index is 0.0377. The molecule has 8 aromatic carbocycles. The van der Waals surface area contributed by atoms with Gasteiger partial charge < -0.3 is 13.8 Å². The molecular weight excluding hydrogens is 840 g/mol. The molecule has 4 aromatic heterocycles. The van der Waals surface area contributed by atoms with Crippen molar-refractivity contribution in [3.8, 4) is 16.8 Å². The van der Waals surface area contributed by atoms with Gasteiger partial charge in [0.15, 0.2) is 0 Å². The molecule has 0 radical (unpaired) electrons. The number of para-hydroxylation sites is 1. The van der Waals surface area contributed by atoms with Crippen molar-refractivity contribution in [3.63, 3.8) is 0 Å². The van der Waals surface area contributed by atoms with E-state index in [0.717, 1.165) is 21.9 Å². The van der Waals surface area contributed by atoms with Crippen molar-refractivity contribution in [3.05, 3.63) is 150 Å².